The van der Waals surface area contributed by atoms with Gasteiger partial charge in [-0.1, -0.05) is 30.3 Å². The molecule has 2 heterocycles. The van der Waals surface area contributed by atoms with Gasteiger partial charge in [0.1, 0.15) is 28.2 Å². The van der Waals surface area contributed by atoms with Gasteiger partial charge in [0.15, 0.2) is 0 Å². The van der Waals surface area contributed by atoms with E-state index in [0.717, 1.165) is 28.3 Å². The Morgan fingerprint density at radius 1 is 1.14 bits per heavy atom. The molecule has 2 amide bonds. The number of fused-ring (bicyclic) bond motifs is 1. The van der Waals surface area contributed by atoms with Crippen molar-refractivity contribution in [2.24, 2.45) is 0 Å². The minimum absolute atomic E-state index is 0.0937. The highest BCUT2D eigenvalue weighted by molar-refractivity contribution is 7.90. The van der Waals surface area contributed by atoms with Gasteiger partial charge in [0.2, 0.25) is 5.91 Å². The summed E-state index contributed by atoms with van der Waals surface area (Å²) in [6, 6.07) is 16.0. The van der Waals surface area contributed by atoms with Crippen LogP contribution in [0.4, 0.5) is 13.2 Å². The molecule has 43 heavy (non-hydrogen) atoms. The maximum atomic E-state index is 13.4. The van der Waals surface area contributed by atoms with Gasteiger partial charge >= 0.3 is 12.1 Å². The van der Waals surface area contributed by atoms with Crippen molar-refractivity contribution < 1.29 is 51.0 Å². The molecule has 0 radical (unpaired) electrons. The fourth-order valence-corrected chi connectivity index (χ4v) is 5.28. The van der Waals surface area contributed by atoms with Gasteiger partial charge in [-0.05, 0) is 49.6 Å². The number of carboxylic acid groups (broad SMARTS) is 1. The number of halogens is 3. The third-order valence-corrected chi connectivity index (χ3v) is 7.98. The number of hydroxylamine groups is 1. The first-order chi connectivity index (χ1) is 20.1. The molecule has 2 aromatic carbocycles. The van der Waals surface area contributed by atoms with Gasteiger partial charge in [0.25, 0.3) is 5.91 Å². The largest absolute Gasteiger partial charge is 0.490 e. The van der Waals surface area contributed by atoms with Crippen molar-refractivity contribution >= 4 is 38.5 Å². The average molecular weight is 626 g/mol. The number of nitrogens with zero attached hydrogens (tertiary/aromatic N) is 2. The predicted molar refractivity (Wildman–Crippen MR) is 148 cm³/mol. The van der Waals surface area contributed by atoms with Crippen molar-refractivity contribution in [2.45, 2.75) is 44.0 Å². The van der Waals surface area contributed by atoms with Crippen LogP contribution in [-0.2, 0) is 36.2 Å². The van der Waals surface area contributed by atoms with E-state index in [9.17, 15) is 31.2 Å². The van der Waals surface area contributed by atoms with Crippen molar-refractivity contribution in [1.29, 1.82) is 0 Å². The van der Waals surface area contributed by atoms with Gasteiger partial charge in [-0.2, -0.15) is 13.2 Å². The molecule has 0 aliphatic carbocycles. The summed E-state index contributed by atoms with van der Waals surface area (Å²) in [5, 5.41) is 17.3. The number of alkyl halides is 3. The smallest absolute Gasteiger partial charge is 0.489 e. The number of nitrogens with one attached hydrogen (secondary N) is 1. The third kappa shape index (κ3) is 8.41. The van der Waals surface area contributed by atoms with Crippen molar-refractivity contribution in [2.75, 3.05) is 18.6 Å². The number of hydrogen-bond acceptors (Lipinski definition) is 8. The fourth-order valence-electron chi connectivity index (χ4n) is 4.62. The Bertz CT molecular complexity index is 1580. The number of rotatable bonds is 9. The van der Waals surface area contributed by atoms with Crippen LogP contribution in [-0.4, -0.2) is 77.2 Å². The van der Waals surface area contributed by atoms with Gasteiger partial charge in [0.05, 0.1) is 16.7 Å². The molecular formula is C28H30F3N3O8S. The lowest BCUT2D eigenvalue weighted by molar-refractivity contribution is -0.192. The monoisotopic (exact) mass is 625 g/mol. The van der Waals surface area contributed by atoms with Crippen LogP contribution in [0.3, 0.4) is 0 Å². The Morgan fingerprint density at radius 2 is 1.77 bits per heavy atom. The first-order valence-electron chi connectivity index (χ1n) is 12.9. The van der Waals surface area contributed by atoms with E-state index < -0.39 is 39.3 Å². The summed E-state index contributed by atoms with van der Waals surface area (Å²) in [6.45, 7) is 2.44. The number of likely N-dealkylation sites (tertiary alicyclic amines) is 1. The second-order valence-electron chi connectivity index (χ2n) is 10.1. The van der Waals surface area contributed by atoms with E-state index in [-0.39, 0.29) is 24.6 Å². The summed E-state index contributed by atoms with van der Waals surface area (Å²) < 4.78 is 61.0. The zero-order valence-electron chi connectivity index (χ0n) is 23.2. The molecule has 1 saturated heterocycles. The topological polar surface area (TPSA) is 163 Å². The van der Waals surface area contributed by atoms with Crippen molar-refractivity contribution in [1.82, 2.24) is 15.4 Å². The average Bonchev–Trinajstić information content (AvgIpc) is 3.26. The van der Waals surface area contributed by atoms with Crippen LogP contribution in [0.15, 0.2) is 60.8 Å². The Hall–Kier alpha value is -4.24. The van der Waals surface area contributed by atoms with Crippen LogP contribution in [0, 0.1) is 0 Å². The molecule has 0 bridgehead atoms. The van der Waals surface area contributed by atoms with Crippen LogP contribution in [0.2, 0.25) is 0 Å². The highest BCUT2D eigenvalue weighted by Crippen LogP contribution is 2.37. The van der Waals surface area contributed by atoms with Gasteiger partial charge in [0, 0.05) is 29.9 Å². The molecule has 1 aliphatic rings. The summed E-state index contributed by atoms with van der Waals surface area (Å²) in [6.07, 6.45) is -1.91. The van der Waals surface area contributed by atoms with Gasteiger partial charge in [-0.3, -0.25) is 19.8 Å². The number of carbonyl (C=O) groups is 3. The number of amides is 2. The molecule has 3 aromatic rings. The molecule has 0 saturated carbocycles. The second kappa shape index (κ2) is 13.4. The van der Waals surface area contributed by atoms with Crippen LogP contribution in [0.5, 0.6) is 5.75 Å². The molecular weight excluding hydrogens is 595 g/mol. The first kappa shape index (κ1) is 33.3. The summed E-state index contributed by atoms with van der Waals surface area (Å²) in [7, 11) is -3.35. The van der Waals surface area contributed by atoms with Crippen LogP contribution < -0.4 is 10.2 Å². The lowest BCUT2D eigenvalue weighted by Gasteiger charge is -2.29. The SMILES string of the molecule is CC1(c2ccc(OCc3ccnc4ccccc34)cc2)CCN(C(CCS(C)(=O)=O)C(=O)NO)C1=O.O=C(O)C(F)(F)F. The first-order valence-corrected chi connectivity index (χ1v) is 14.9. The molecule has 2 atom stereocenters. The molecule has 4 rings (SSSR count). The van der Waals surface area contributed by atoms with Crippen LogP contribution in [0.25, 0.3) is 10.9 Å². The van der Waals surface area contributed by atoms with Crippen molar-refractivity contribution in [3.63, 3.8) is 0 Å². The number of carbonyl (C=O) groups excluding carboxylic acids is 2. The van der Waals surface area contributed by atoms with E-state index in [1.54, 1.807) is 18.6 Å². The zero-order valence-corrected chi connectivity index (χ0v) is 24.0. The molecule has 3 N–H and O–H groups in total. The Morgan fingerprint density at radius 3 is 2.35 bits per heavy atom. The number of benzene rings is 2. The summed E-state index contributed by atoms with van der Waals surface area (Å²) in [5.41, 5.74) is 3.35. The van der Waals surface area contributed by atoms with Gasteiger partial charge < -0.3 is 14.7 Å². The molecule has 11 nitrogen and oxygen atoms in total. The Labute approximate surface area is 245 Å². The second-order valence-corrected chi connectivity index (χ2v) is 12.4. The maximum Gasteiger partial charge on any atom is 0.490 e. The van der Waals surface area contributed by atoms with Crippen molar-refractivity contribution in [3.05, 3.63) is 71.9 Å². The zero-order chi connectivity index (χ0) is 32.0. The molecule has 15 heteroatoms. The Kier molecular flexibility index (Phi) is 10.3. The minimum Gasteiger partial charge on any atom is -0.489 e. The van der Waals surface area contributed by atoms with Crippen molar-refractivity contribution in [3.8, 4) is 5.75 Å². The van der Waals surface area contributed by atoms with E-state index >= 15 is 0 Å². The number of carboxylic acids is 1. The minimum atomic E-state index is -5.08. The van der Waals surface area contributed by atoms with E-state index in [2.05, 4.69) is 4.98 Å². The quantitative estimate of drug-likeness (QED) is 0.239. The molecule has 0 spiro atoms. The van der Waals surface area contributed by atoms with Gasteiger partial charge in [-0.15, -0.1) is 0 Å². The number of ether oxygens (including phenoxy) is 1. The highest BCUT2D eigenvalue weighted by Gasteiger charge is 2.47. The third-order valence-electron chi connectivity index (χ3n) is 7.00. The van der Waals surface area contributed by atoms with Gasteiger partial charge in [-0.25, -0.2) is 18.7 Å². The normalized spacial score (nSPS) is 17.6. The van der Waals surface area contributed by atoms with Crippen LogP contribution >= 0.6 is 0 Å². The van der Waals surface area contributed by atoms with E-state index in [1.807, 2.05) is 54.6 Å². The highest BCUT2D eigenvalue weighted by atomic mass is 32.2. The predicted octanol–water partition coefficient (Wildman–Crippen LogP) is 3.25. The number of para-hydroxylation sites is 1. The molecule has 1 fully saturated rings. The van der Waals surface area contributed by atoms with E-state index in [0.29, 0.717) is 18.8 Å². The number of pyridine rings is 1. The molecule has 2 unspecified atom stereocenters. The molecule has 1 aromatic heterocycles. The maximum absolute atomic E-state index is 13.4. The summed E-state index contributed by atoms with van der Waals surface area (Å²) in [5.74, 6) is -3.47. The lowest BCUT2D eigenvalue weighted by atomic mass is 9.81. The molecule has 232 valence electrons. The molecule has 1 aliphatic heterocycles. The lowest BCUT2D eigenvalue weighted by Crippen LogP contribution is -2.49. The Balaban J connectivity index is 0.000000646. The standard InChI is InChI=1S/C26H29N3O6S.C2HF3O2/c1-26(13-15-29(25(26)31)23(24(30)28-32)12-16-36(2,33)34)19-7-9-20(10-8-19)35-17-18-11-14-27-22-6-4-3-5-21(18)22;3-2(4,5)1(6)7/h3-11,14,23,32H,12-13,15-17H2,1-2H3,(H,28,30);(H,6,7). The number of hydrogen-bond donors (Lipinski definition) is 3. The number of aromatic nitrogens is 1. The summed E-state index contributed by atoms with van der Waals surface area (Å²) >= 11 is 0. The number of aliphatic carboxylic acids is 1. The number of sulfone groups is 1. The summed E-state index contributed by atoms with van der Waals surface area (Å²) in [4.78, 5) is 40.3. The van der Waals surface area contributed by atoms with Crippen LogP contribution in [0.1, 0.15) is 30.9 Å². The van der Waals surface area contributed by atoms with E-state index in [4.69, 9.17) is 19.8 Å². The fraction of sp³-hybridized carbons (Fsp3) is 0.357. The van der Waals surface area contributed by atoms with E-state index in [1.165, 1.54) is 4.90 Å².